The van der Waals surface area contributed by atoms with Gasteiger partial charge in [0.2, 0.25) is 0 Å². The van der Waals surface area contributed by atoms with E-state index in [0.29, 0.717) is 28.2 Å². The Bertz CT molecular complexity index is 920. The number of aromatic nitrogens is 3. The van der Waals surface area contributed by atoms with Crippen molar-refractivity contribution in [2.24, 2.45) is 0 Å². The van der Waals surface area contributed by atoms with Gasteiger partial charge in [0.25, 0.3) is 5.56 Å². The number of hydrogen-bond acceptors (Lipinski definition) is 5. The van der Waals surface area contributed by atoms with Crippen LogP contribution in [0.5, 0.6) is 0 Å². The van der Waals surface area contributed by atoms with Gasteiger partial charge in [-0.1, -0.05) is 37.2 Å². The fraction of sp³-hybridized carbons (Fsp3) is 0.353. The van der Waals surface area contributed by atoms with E-state index < -0.39 is 0 Å². The molecule has 126 valence electrons. The van der Waals surface area contributed by atoms with E-state index in [9.17, 15) is 4.79 Å². The summed E-state index contributed by atoms with van der Waals surface area (Å²) in [4.78, 5) is 22.0. The number of benzene rings is 1. The Morgan fingerprint density at radius 1 is 1.29 bits per heavy atom. The van der Waals surface area contributed by atoms with Gasteiger partial charge in [0.15, 0.2) is 5.16 Å². The van der Waals surface area contributed by atoms with Gasteiger partial charge in [-0.05, 0) is 31.0 Å². The number of hydrogen-bond donors (Lipinski definition) is 0. The lowest BCUT2D eigenvalue weighted by Crippen LogP contribution is -2.23. The van der Waals surface area contributed by atoms with E-state index in [-0.39, 0.29) is 5.56 Å². The second-order valence-electron chi connectivity index (χ2n) is 5.39. The average Bonchev–Trinajstić information content (AvgIpc) is 3.04. The summed E-state index contributed by atoms with van der Waals surface area (Å²) in [6.07, 6.45) is 1.83. The summed E-state index contributed by atoms with van der Waals surface area (Å²) in [6, 6.07) is 5.23. The second-order valence-corrected chi connectivity index (χ2v) is 7.71. The van der Waals surface area contributed by atoms with Crippen molar-refractivity contribution in [2.45, 2.75) is 44.1 Å². The van der Waals surface area contributed by atoms with Crippen LogP contribution in [-0.4, -0.2) is 14.5 Å². The summed E-state index contributed by atoms with van der Waals surface area (Å²) >= 11 is 9.28. The summed E-state index contributed by atoms with van der Waals surface area (Å²) in [7, 11) is 0. The summed E-state index contributed by atoms with van der Waals surface area (Å²) in [6.45, 7) is 4.81. The Hall–Kier alpha value is -1.37. The van der Waals surface area contributed by atoms with Crippen molar-refractivity contribution >= 4 is 45.6 Å². The first-order valence-corrected chi connectivity index (χ1v) is 10.1. The molecule has 0 radical (unpaired) electrons. The molecular formula is C17H18ClN3OS2. The lowest BCUT2D eigenvalue weighted by atomic mass is 10.2. The van der Waals surface area contributed by atoms with Crippen LogP contribution >= 0.6 is 34.7 Å². The van der Waals surface area contributed by atoms with Crippen LogP contribution in [0.2, 0.25) is 5.02 Å². The monoisotopic (exact) mass is 379 g/mol. The molecule has 24 heavy (non-hydrogen) atoms. The Balaban J connectivity index is 1.97. The fourth-order valence-electron chi connectivity index (χ4n) is 2.42. The standard InChI is InChI=1S/C17H18ClN3OS2/c1-3-7-21-16(22)13-6-5-11(18)8-14(13)20-17(21)24-10-12-9-23-15(4-2)19-12/h5-6,8-9H,3-4,7,10H2,1-2H3. The Morgan fingerprint density at radius 2 is 2.12 bits per heavy atom. The maximum Gasteiger partial charge on any atom is 0.262 e. The minimum absolute atomic E-state index is 0.00598. The zero-order valence-electron chi connectivity index (χ0n) is 13.6. The number of aryl methyl sites for hydroxylation is 1. The van der Waals surface area contributed by atoms with E-state index in [1.165, 1.54) is 0 Å². The smallest absolute Gasteiger partial charge is 0.262 e. The number of fused-ring (bicyclic) bond motifs is 1. The molecule has 0 atom stereocenters. The van der Waals surface area contributed by atoms with Crippen molar-refractivity contribution in [3.63, 3.8) is 0 Å². The molecule has 0 amide bonds. The van der Waals surface area contributed by atoms with Gasteiger partial charge in [-0.3, -0.25) is 9.36 Å². The highest BCUT2D eigenvalue weighted by Crippen LogP contribution is 2.24. The van der Waals surface area contributed by atoms with Crippen LogP contribution < -0.4 is 5.56 Å². The van der Waals surface area contributed by atoms with Gasteiger partial charge in [0, 0.05) is 22.7 Å². The number of rotatable bonds is 6. The molecule has 0 unspecified atom stereocenters. The van der Waals surface area contributed by atoms with Crippen molar-refractivity contribution in [3.05, 3.63) is 49.7 Å². The van der Waals surface area contributed by atoms with Crippen molar-refractivity contribution in [2.75, 3.05) is 0 Å². The maximum atomic E-state index is 12.8. The van der Waals surface area contributed by atoms with E-state index in [2.05, 4.69) is 29.2 Å². The molecular weight excluding hydrogens is 362 g/mol. The molecule has 3 aromatic rings. The van der Waals surface area contributed by atoms with Gasteiger partial charge in [0.1, 0.15) is 0 Å². The quantitative estimate of drug-likeness (QED) is 0.457. The molecule has 0 aliphatic heterocycles. The lowest BCUT2D eigenvalue weighted by molar-refractivity contribution is 0.584. The highest BCUT2D eigenvalue weighted by Gasteiger charge is 2.12. The third-order valence-electron chi connectivity index (χ3n) is 3.58. The van der Waals surface area contributed by atoms with E-state index in [1.54, 1.807) is 45.9 Å². The van der Waals surface area contributed by atoms with E-state index in [1.807, 2.05) is 0 Å². The second kappa shape index (κ2) is 7.68. The third kappa shape index (κ3) is 3.66. The van der Waals surface area contributed by atoms with Crippen LogP contribution in [-0.2, 0) is 18.7 Å². The van der Waals surface area contributed by atoms with Crippen LogP contribution in [0.1, 0.15) is 31.0 Å². The highest BCUT2D eigenvalue weighted by atomic mass is 35.5. The zero-order valence-corrected chi connectivity index (χ0v) is 16.0. The fourth-order valence-corrected chi connectivity index (χ4v) is 4.36. The molecule has 2 aromatic heterocycles. The van der Waals surface area contributed by atoms with Gasteiger partial charge < -0.3 is 0 Å². The largest absolute Gasteiger partial charge is 0.287 e. The minimum Gasteiger partial charge on any atom is -0.287 e. The highest BCUT2D eigenvalue weighted by molar-refractivity contribution is 7.98. The number of halogens is 1. The molecule has 0 aliphatic rings. The van der Waals surface area contributed by atoms with E-state index in [4.69, 9.17) is 11.6 Å². The molecule has 7 heteroatoms. The van der Waals surface area contributed by atoms with E-state index >= 15 is 0 Å². The predicted octanol–water partition coefficient (Wildman–Crippen LogP) is 4.77. The minimum atomic E-state index is -0.00598. The van der Waals surface area contributed by atoms with Crippen LogP contribution in [0, 0.1) is 0 Å². The van der Waals surface area contributed by atoms with Crippen molar-refractivity contribution in [1.29, 1.82) is 0 Å². The molecule has 0 saturated heterocycles. The van der Waals surface area contributed by atoms with Crippen molar-refractivity contribution in [3.8, 4) is 0 Å². The maximum absolute atomic E-state index is 12.8. The summed E-state index contributed by atoms with van der Waals surface area (Å²) in [5.74, 6) is 0.707. The number of thiazole rings is 1. The van der Waals surface area contributed by atoms with Gasteiger partial charge in [-0.25, -0.2) is 9.97 Å². The Morgan fingerprint density at radius 3 is 2.83 bits per heavy atom. The van der Waals surface area contributed by atoms with Crippen molar-refractivity contribution in [1.82, 2.24) is 14.5 Å². The zero-order chi connectivity index (χ0) is 17.1. The molecule has 0 saturated carbocycles. The molecule has 0 N–H and O–H groups in total. The molecule has 2 heterocycles. The summed E-state index contributed by atoms with van der Waals surface area (Å²) in [5, 5.41) is 5.13. The first kappa shape index (κ1) is 17.5. The molecule has 0 aliphatic carbocycles. The molecule has 0 fully saturated rings. The molecule has 0 spiro atoms. The Kier molecular flexibility index (Phi) is 5.58. The topological polar surface area (TPSA) is 47.8 Å². The SMILES string of the molecule is CCCn1c(SCc2csc(CC)n2)nc2cc(Cl)ccc2c1=O. The van der Waals surface area contributed by atoms with Crippen LogP contribution in [0.4, 0.5) is 0 Å². The van der Waals surface area contributed by atoms with Gasteiger partial charge >= 0.3 is 0 Å². The van der Waals surface area contributed by atoms with Crippen LogP contribution in [0.25, 0.3) is 10.9 Å². The molecule has 1 aromatic carbocycles. The normalized spacial score (nSPS) is 11.3. The summed E-state index contributed by atoms with van der Waals surface area (Å²) < 4.78 is 1.76. The molecule has 3 rings (SSSR count). The summed E-state index contributed by atoms with van der Waals surface area (Å²) in [5.41, 5.74) is 1.67. The first-order chi connectivity index (χ1) is 11.6. The Labute approximate surface area is 153 Å². The van der Waals surface area contributed by atoms with Gasteiger partial charge in [-0.2, -0.15) is 0 Å². The molecule has 0 bridgehead atoms. The van der Waals surface area contributed by atoms with Crippen LogP contribution in [0.15, 0.2) is 33.5 Å². The van der Waals surface area contributed by atoms with Crippen LogP contribution in [0.3, 0.4) is 0 Å². The predicted molar refractivity (Wildman–Crippen MR) is 102 cm³/mol. The molecule has 4 nitrogen and oxygen atoms in total. The lowest BCUT2D eigenvalue weighted by Gasteiger charge is -2.12. The van der Waals surface area contributed by atoms with Crippen molar-refractivity contribution < 1.29 is 0 Å². The number of thioether (sulfide) groups is 1. The first-order valence-electron chi connectivity index (χ1n) is 7.88. The van der Waals surface area contributed by atoms with E-state index in [0.717, 1.165) is 28.7 Å². The number of nitrogens with zero attached hydrogens (tertiary/aromatic N) is 3. The van der Waals surface area contributed by atoms with Gasteiger partial charge in [0.05, 0.1) is 21.6 Å². The van der Waals surface area contributed by atoms with Gasteiger partial charge in [-0.15, -0.1) is 11.3 Å². The average molecular weight is 380 g/mol. The third-order valence-corrected chi connectivity index (χ3v) is 5.87.